The minimum Gasteiger partial charge on any atom is -0.490 e. The first-order chi connectivity index (χ1) is 22.0. The summed E-state index contributed by atoms with van der Waals surface area (Å²) in [7, 11) is -1.89. The van der Waals surface area contributed by atoms with Crippen molar-refractivity contribution in [2.45, 2.75) is 69.7 Å². The van der Waals surface area contributed by atoms with Crippen molar-refractivity contribution in [3.05, 3.63) is 88.9 Å². The number of anilines is 1. The maximum atomic E-state index is 14.3. The van der Waals surface area contributed by atoms with Crippen LogP contribution in [0, 0.1) is 5.92 Å². The number of nitrogens with zero attached hydrogens (tertiary/aromatic N) is 2. The summed E-state index contributed by atoms with van der Waals surface area (Å²) in [6.07, 6.45) is 2.16. The molecular weight excluding hydrogens is 626 g/mol. The first-order valence-corrected chi connectivity index (χ1v) is 17.7. The largest absolute Gasteiger partial charge is 0.490 e. The van der Waals surface area contributed by atoms with E-state index in [1.165, 1.54) is 35.9 Å². The molecule has 3 aromatic rings. The van der Waals surface area contributed by atoms with E-state index in [0.29, 0.717) is 30.5 Å². The van der Waals surface area contributed by atoms with Gasteiger partial charge in [-0.1, -0.05) is 48.9 Å². The second kappa shape index (κ2) is 16.6. The number of carbonyl (C=O) groups is 1. The molecule has 0 aromatic heterocycles. The van der Waals surface area contributed by atoms with Crippen LogP contribution in [-0.4, -0.2) is 80.8 Å². The Bertz CT molecular complexity index is 1520. The van der Waals surface area contributed by atoms with Gasteiger partial charge in [-0.05, 0) is 88.2 Å². The van der Waals surface area contributed by atoms with E-state index >= 15 is 0 Å². The van der Waals surface area contributed by atoms with Crippen LogP contribution >= 0.6 is 11.6 Å². The van der Waals surface area contributed by atoms with E-state index in [1.54, 1.807) is 24.0 Å². The van der Waals surface area contributed by atoms with Crippen LogP contribution in [0.4, 0.5) is 5.69 Å². The molecular formula is C35H46ClN3O6S. The molecule has 250 valence electrons. The van der Waals surface area contributed by atoms with Crippen molar-refractivity contribution in [1.29, 1.82) is 0 Å². The number of hydrogen-bond acceptors (Lipinski definition) is 7. The summed E-state index contributed by atoms with van der Waals surface area (Å²) in [6.45, 7) is 7.91. The molecule has 4 atom stereocenters. The van der Waals surface area contributed by atoms with Crippen LogP contribution in [0.2, 0.25) is 5.02 Å². The normalized spacial score (nSPS) is 20.8. The highest BCUT2D eigenvalue weighted by atomic mass is 35.5. The lowest BCUT2D eigenvalue weighted by atomic mass is 10.0. The summed E-state index contributed by atoms with van der Waals surface area (Å²) in [4.78, 5) is 18.2. The molecule has 0 radical (unpaired) electrons. The molecule has 0 saturated carbocycles. The van der Waals surface area contributed by atoms with Gasteiger partial charge in [0.05, 0.1) is 35.3 Å². The van der Waals surface area contributed by atoms with Crippen molar-refractivity contribution in [1.82, 2.24) is 9.80 Å². The third kappa shape index (κ3) is 9.92. The minimum atomic E-state index is -3.95. The first-order valence-electron chi connectivity index (χ1n) is 15.8. The molecule has 0 spiro atoms. The van der Waals surface area contributed by atoms with Gasteiger partial charge in [-0.25, -0.2) is 8.42 Å². The zero-order valence-corrected chi connectivity index (χ0v) is 28.6. The van der Waals surface area contributed by atoms with Gasteiger partial charge in [0.15, 0.2) is 0 Å². The Morgan fingerprint density at radius 1 is 1.07 bits per heavy atom. The number of aliphatic hydroxyl groups excluding tert-OH is 1. The van der Waals surface area contributed by atoms with E-state index in [9.17, 15) is 18.3 Å². The molecule has 11 heteroatoms. The Kier molecular flexibility index (Phi) is 12.9. The van der Waals surface area contributed by atoms with Gasteiger partial charge in [0.2, 0.25) is 0 Å². The van der Waals surface area contributed by atoms with Crippen LogP contribution in [-0.2, 0) is 21.3 Å². The molecule has 0 saturated heterocycles. The molecule has 1 heterocycles. The van der Waals surface area contributed by atoms with Crippen LogP contribution in [0.25, 0.3) is 0 Å². The van der Waals surface area contributed by atoms with Crippen LogP contribution in [0.3, 0.4) is 0 Å². The molecule has 0 bridgehead atoms. The molecule has 3 aromatic carbocycles. The number of amides is 1. The number of nitrogens with one attached hydrogen (secondary N) is 1. The minimum absolute atomic E-state index is 0.0424. The lowest BCUT2D eigenvalue weighted by Crippen LogP contribution is -2.47. The topological polar surface area (TPSA) is 108 Å². The number of sulfonamides is 1. The Balaban J connectivity index is 1.64. The summed E-state index contributed by atoms with van der Waals surface area (Å²) in [5.74, 6) is -0.0761. The molecule has 1 aliphatic rings. The summed E-state index contributed by atoms with van der Waals surface area (Å²) >= 11 is 5.95. The molecule has 2 N–H and O–H groups in total. The number of hydrogen-bond donors (Lipinski definition) is 2. The zero-order valence-electron chi connectivity index (χ0n) is 27.1. The van der Waals surface area contributed by atoms with Crippen LogP contribution < -0.4 is 9.46 Å². The number of halogens is 1. The predicted molar refractivity (Wildman–Crippen MR) is 182 cm³/mol. The standard InChI is InChI=1S/C35H46ClN3O6S/c1-25-21-39(26(2)24-40)35(41)32-20-30(37-46(42,43)31-16-13-29(36)14-17-31)15-18-33(32)45-27(3)10-8-9-19-44-34(25)23-38(4)22-28-11-6-5-7-12-28/h5-7,11-18,20,25-27,34,37,40H,8-10,19,21-24H2,1-4H3/t25-,26-,27-,34+/m1/s1. The van der Waals surface area contributed by atoms with Gasteiger partial charge in [0, 0.05) is 42.9 Å². The van der Waals surface area contributed by atoms with Gasteiger partial charge >= 0.3 is 0 Å². The maximum absolute atomic E-state index is 14.3. The van der Waals surface area contributed by atoms with E-state index in [2.05, 4.69) is 35.7 Å². The molecule has 0 unspecified atom stereocenters. The van der Waals surface area contributed by atoms with E-state index in [1.807, 2.05) is 25.1 Å². The van der Waals surface area contributed by atoms with E-state index < -0.39 is 16.1 Å². The van der Waals surface area contributed by atoms with Gasteiger partial charge in [-0.3, -0.25) is 14.4 Å². The van der Waals surface area contributed by atoms with Crippen LogP contribution in [0.5, 0.6) is 5.75 Å². The number of carbonyl (C=O) groups excluding carboxylic acids is 1. The van der Waals surface area contributed by atoms with Crippen molar-refractivity contribution in [2.75, 3.05) is 38.1 Å². The molecule has 0 aliphatic carbocycles. The maximum Gasteiger partial charge on any atom is 0.261 e. The van der Waals surface area contributed by atoms with Gasteiger partial charge in [-0.15, -0.1) is 0 Å². The van der Waals surface area contributed by atoms with Gasteiger partial charge in [0.1, 0.15) is 5.75 Å². The van der Waals surface area contributed by atoms with E-state index in [-0.39, 0.29) is 46.8 Å². The fourth-order valence-corrected chi connectivity index (χ4v) is 6.72. The lowest BCUT2D eigenvalue weighted by molar-refractivity contribution is -0.0177. The third-order valence-corrected chi connectivity index (χ3v) is 9.86. The molecule has 1 aliphatic heterocycles. The molecule has 46 heavy (non-hydrogen) atoms. The summed E-state index contributed by atoms with van der Waals surface area (Å²) < 4.78 is 41.6. The Morgan fingerprint density at radius 2 is 1.78 bits per heavy atom. The van der Waals surface area contributed by atoms with Crippen LogP contribution in [0.1, 0.15) is 56.0 Å². The lowest BCUT2D eigenvalue weighted by Gasteiger charge is -2.36. The van der Waals surface area contributed by atoms with Crippen molar-refractivity contribution in [3.8, 4) is 5.75 Å². The Morgan fingerprint density at radius 3 is 2.48 bits per heavy atom. The zero-order chi connectivity index (χ0) is 33.3. The van der Waals surface area contributed by atoms with E-state index in [4.69, 9.17) is 21.1 Å². The summed E-state index contributed by atoms with van der Waals surface area (Å²) in [5.41, 5.74) is 1.64. The number of benzene rings is 3. The Hall–Kier alpha value is -3.15. The third-order valence-electron chi connectivity index (χ3n) is 8.21. The van der Waals surface area contributed by atoms with Crippen molar-refractivity contribution < 1.29 is 27.8 Å². The average Bonchev–Trinajstić information content (AvgIpc) is 3.03. The molecule has 9 nitrogen and oxygen atoms in total. The van der Waals surface area contributed by atoms with Crippen molar-refractivity contribution >= 4 is 33.2 Å². The smallest absolute Gasteiger partial charge is 0.261 e. The highest BCUT2D eigenvalue weighted by molar-refractivity contribution is 7.92. The number of aliphatic hydroxyl groups is 1. The number of ether oxygens (including phenoxy) is 2. The van der Waals surface area contributed by atoms with Gasteiger partial charge in [0.25, 0.3) is 15.9 Å². The monoisotopic (exact) mass is 671 g/mol. The highest BCUT2D eigenvalue weighted by Crippen LogP contribution is 2.30. The first kappa shape index (κ1) is 35.7. The fourth-order valence-electron chi connectivity index (χ4n) is 5.54. The van der Waals surface area contributed by atoms with Crippen LogP contribution in [0.15, 0.2) is 77.7 Å². The fraction of sp³-hybridized carbons (Fsp3) is 0.457. The molecule has 1 amide bonds. The number of fused-ring (bicyclic) bond motifs is 1. The predicted octanol–water partition coefficient (Wildman–Crippen LogP) is 6.07. The molecule has 0 fully saturated rings. The number of rotatable bonds is 9. The quantitative estimate of drug-likeness (QED) is 0.284. The van der Waals surface area contributed by atoms with Crippen molar-refractivity contribution in [2.24, 2.45) is 5.92 Å². The SMILES string of the molecule is C[C@@H]1CCCCO[C@@H](CN(C)Cc2ccccc2)[C@H](C)CN([C@H](C)CO)C(=O)c2cc(NS(=O)(=O)c3ccc(Cl)cc3)ccc2O1. The van der Waals surface area contributed by atoms with E-state index in [0.717, 1.165) is 25.8 Å². The second-order valence-corrected chi connectivity index (χ2v) is 14.4. The van der Waals surface area contributed by atoms with Crippen molar-refractivity contribution in [3.63, 3.8) is 0 Å². The Labute approximate surface area is 278 Å². The van der Waals surface area contributed by atoms with Gasteiger partial charge < -0.3 is 19.5 Å². The average molecular weight is 672 g/mol. The van der Waals surface area contributed by atoms with Gasteiger partial charge in [-0.2, -0.15) is 0 Å². The number of likely N-dealkylation sites (N-methyl/N-ethyl adjacent to an activating group) is 1. The second-order valence-electron chi connectivity index (χ2n) is 12.3. The summed E-state index contributed by atoms with van der Waals surface area (Å²) in [5, 5.41) is 10.6. The highest BCUT2D eigenvalue weighted by Gasteiger charge is 2.30. The summed E-state index contributed by atoms with van der Waals surface area (Å²) in [6, 6.07) is 20.3. The molecule has 4 rings (SSSR count).